The van der Waals surface area contributed by atoms with Gasteiger partial charge in [-0.05, 0) is 49.8 Å². The average Bonchev–Trinajstić information content (AvgIpc) is 3.74. The fourth-order valence-corrected chi connectivity index (χ4v) is 6.28. The maximum absolute atomic E-state index is 13.5. The van der Waals surface area contributed by atoms with Gasteiger partial charge in [0.15, 0.2) is 0 Å². The number of aliphatic carboxylic acids is 1. The fraction of sp³-hybridized carbons (Fsp3) is 0.385. The zero-order valence-corrected chi connectivity index (χ0v) is 18.6. The molecular weight excluding hydrogens is 430 g/mol. The molecule has 1 amide bonds. The highest BCUT2D eigenvalue weighted by molar-refractivity contribution is 6.10. The minimum absolute atomic E-state index is 0.0881. The summed E-state index contributed by atoms with van der Waals surface area (Å²) in [5, 5.41) is 20.7. The number of nitrogens with one attached hydrogen (secondary N) is 2. The molecule has 3 aromatic rings. The van der Waals surface area contributed by atoms with Crippen molar-refractivity contribution in [2.45, 2.75) is 50.2 Å². The number of benzene rings is 1. The van der Waals surface area contributed by atoms with E-state index in [4.69, 9.17) is 4.99 Å². The minimum atomic E-state index is -0.706. The Labute approximate surface area is 195 Å². The van der Waals surface area contributed by atoms with Crippen LogP contribution in [0.2, 0.25) is 0 Å². The van der Waals surface area contributed by atoms with Crippen LogP contribution in [0.3, 0.4) is 0 Å². The lowest BCUT2D eigenvalue weighted by Gasteiger charge is -2.22. The number of rotatable bonds is 7. The smallest absolute Gasteiger partial charge is 0.310 e. The maximum Gasteiger partial charge on any atom is 0.310 e. The highest BCUT2D eigenvalue weighted by atomic mass is 16.4. The number of aromatic nitrogens is 3. The summed E-state index contributed by atoms with van der Waals surface area (Å²) in [4.78, 5) is 29.9. The van der Waals surface area contributed by atoms with E-state index in [1.54, 1.807) is 6.20 Å². The third-order valence-electron chi connectivity index (χ3n) is 8.61. The van der Waals surface area contributed by atoms with Crippen molar-refractivity contribution in [1.82, 2.24) is 20.1 Å². The summed E-state index contributed by atoms with van der Waals surface area (Å²) in [5.74, 6) is -0.813. The second-order valence-electron chi connectivity index (χ2n) is 10.4. The molecule has 0 saturated heterocycles. The number of carbonyl (C=O) groups is 2. The molecular formula is C26H25N5O3. The first-order valence-electron chi connectivity index (χ1n) is 11.8. The Morgan fingerprint density at radius 2 is 2.09 bits per heavy atom. The molecule has 1 unspecified atom stereocenters. The summed E-state index contributed by atoms with van der Waals surface area (Å²) >= 11 is 0. The SMILES string of the molecule is O=C(NC1(C23CC2(C(=O)O)C3)CC1)c1cccc2ccn(CC3CC=C(c4cn[nH]c4)C=N3)c12. The number of nitrogens with zero attached hydrogens (tertiary/aromatic N) is 3. The average molecular weight is 456 g/mol. The Kier molecular flexibility index (Phi) is 3.76. The molecule has 2 aromatic heterocycles. The van der Waals surface area contributed by atoms with Crippen LogP contribution in [0.4, 0.5) is 0 Å². The van der Waals surface area contributed by atoms with Gasteiger partial charge >= 0.3 is 5.97 Å². The van der Waals surface area contributed by atoms with Crippen LogP contribution in [0.25, 0.3) is 16.5 Å². The van der Waals surface area contributed by atoms with Gasteiger partial charge < -0.3 is 15.0 Å². The van der Waals surface area contributed by atoms with Crippen molar-refractivity contribution in [3.05, 3.63) is 60.1 Å². The zero-order chi connectivity index (χ0) is 23.1. The molecule has 8 nitrogen and oxygen atoms in total. The van der Waals surface area contributed by atoms with Gasteiger partial charge in [-0.1, -0.05) is 18.2 Å². The molecule has 0 radical (unpaired) electrons. The van der Waals surface area contributed by atoms with Gasteiger partial charge in [-0.3, -0.25) is 19.7 Å². The summed E-state index contributed by atoms with van der Waals surface area (Å²) in [6.45, 7) is 0.677. The van der Waals surface area contributed by atoms with Crippen LogP contribution < -0.4 is 5.32 Å². The first kappa shape index (κ1) is 19.8. The number of carbonyl (C=O) groups excluding carboxylic acids is 1. The Morgan fingerprint density at radius 1 is 1.24 bits per heavy atom. The number of aliphatic imine (C=N–C) groups is 1. The van der Waals surface area contributed by atoms with Crippen molar-refractivity contribution in [2.24, 2.45) is 15.8 Å². The van der Waals surface area contributed by atoms with Gasteiger partial charge in [0.2, 0.25) is 0 Å². The van der Waals surface area contributed by atoms with Crippen LogP contribution >= 0.6 is 0 Å². The predicted molar refractivity (Wildman–Crippen MR) is 127 cm³/mol. The molecule has 3 saturated carbocycles. The topological polar surface area (TPSA) is 112 Å². The number of hydrogen-bond donors (Lipinski definition) is 3. The van der Waals surface area contributed by atoms with Crippen molar-refractivity contribution < 1.29 is 14.7 Å². The van der Waals surface area contributed by atoms with E-state index in [0.717, 1.165) is 41.3 Å². The second kappa shape index (κ2) is 6.46. The molecule has 8 heteroatoms. The van der Waals surface area contributed by atoms with Crippen LogP contribution in [-0.2, 0) is 11.3 Å². The molecule has 1 aliphatic heterocycles. The largest absolute Gasteiger partial charge is 0.481 e. The highest BCUT2D eigenvalue weighted by Crippen LogP contribution is 2.93. The van der Waals surface area contributed by atoms with Crippen molar-refractivity contribution in [1.29, 1.82) is 0 Å². The molecule has 3 fully saturated rings. The molecule has 0 bridgehead atoms. The van der Waals surface area contributed by atoms with E-state index < -0.39 is 11.4 Å². The van der Waals surface area contributed by atoms with E-state index in [-0.39, 0.29) is 22.9 Å². The molecule has 3 N–H and O–H groups in total. The maximum atomic E-state index is 13.5. The number of fused-ring (bicyclic) bond motifs is 2. The number of aromatic amines is 1. The number of para-hydroxylation sites is 1. The minimum Gasteiger partial charge on any atom is -0.481 e. The van der Waals surface area contributed by atoms with Crippen molar-refractivity contribution in [3.63, 3.8) is 0 Å². The Bertz CT molecular complexity index is 1400. The van der Waals surface area contributed by atoms with Gasteiger partial charge in [-0.25, -0.2) is 0 Å². The number of carboxylic acid groups (broad SMARTS) is 1. The van der Waals surface area contributed by atoms with E-state index in [0.29, 0.717) is 24.9 Å². The molecule has 4 aliphatic rings. The van der Waals surface area contributed by atoms with E-state index in [2.05, 4.69) is 26.2 Å². The molecule has 34 heavy (non-hydrogen) atoms. The first-order chi connectivity index (χ1) is 16.5. The lowest BCUT2D eigenvalue weighted by molar-refractivity contribution is -0.141. The van der Waals surface area contributed by atoms with Gasteiger partial charge in [-0.15, -0.1) is 0 Å². The monoisotopic (exact) mass is 455 g/mol. The number of dihydropyridines is 1. The Morgan fingerprint density at radius 3 is 2.74 bits per heavy atom. The van der Waals surface area contributed by atoms with Crippen LogP contribution in [0.15, 0.2) is 53.9 Å². The summed E-state index contributed by atoms with van der Waals surface area (Å²) in [6.07, 6.45) is 13.7. The summed E-state index contributed by atoms with van der Waals surface area (Å²) in [6, 6.07) is 7.92. The normalized spacial score (nSPS) is 29.9. The first-order valence-corrected chi connectivity index (χ1v) is 11.8. The molecule has 3 heterocycles. The van der Waals surface area contributed by atoms with E-state index in [1.807, 2.05) is 42.9 Å². The van der Waals surface area contributed by atoms with Gasteiger partial charge in [0.25, 0.3) is 5.91 Å². The number of H-pyrrole nitrogens is 1. The number of carboxylic acids is 1. The summed E-state index contributed by atoms with van der Waals surface area (Å²) in [5.41, 5.74) is 2.50. The van der Waals surface area contributed by atoms with Crippen molar-refractivity contribution in [3.8, 4) is 0 Å². The third-order valence-corrected chi connectivity index (χ3v) is 8.61. The number of amides is 1. The van der Waals surface area contributed by atoms with Gasteiger partial charge in [0.1, 0.15) is 0 Å². The van der Waals surface area contributed by atoms with Crippen LogP contribution in [0, 0.1) is 10.8 Å². The van der Waals surface area contributed by atoms with Gasteiger partial charge in [0.05, 0.1) is 28.7 Å². The highest BCUT2D eigenvalue weighted by Gasteiger charge is 2.95. The summed E-state index contributed by atoms with van der Waals surface area (Å²) in [7, 11) is 0. The zero-order valence-electron chi connectivity index (χ0n) is 18.6. The Balaban J connectivity index is 1.12. The molecule has 7 rings (SSSR count). The predicted octanol–water partition coefficient (Wildman–Crippen LogP) is 3.42. The van der Waals surface area contributed by atoms with Gasteiger partial charge in [0, 0.05) is 47.1 Å². The molecule has 1 atom stereocenters. The van der Waals surface area contributed by atoms with E-state index in [9.17, 15) is 14.7 Å². The van der Waals surface area contributed by atoms with Crippen LogP contribution in [0.5, 0.6) is 0 Å². The van der Waals surface area contributed by atoms with Gasteiger partial charge in [-0.2, -0.15) is 5.10 Å². The molecule has 1 aromatic carbocycles. The van der Waals surface area contributed by atoms with E-state index >= 15 is 0 Å². The standard InChI is InChI=1S/C26H25N5O3/c32-22(30-26(7-8-26)25-14-24(25,15-25)23(33)34)20-3-1-2-16-6-9-31(21(16)20)13-19-5-4-17(10-27-19)18-11-28-29-12-18/h1-4,6,9-12,19H,5,7-8,13-15H2,(H,28,29)(H,30,32)(H,33,34). The fourth-order valence-electron chi connectivity index (χ4n) is 6.28. The van der Waals surface area contributed by atoms with Crippen molar-refractivity contribution in [2.75, 3.05) is 0 Å². The molecule has 3 aliphatic carbocycles. The third kappa shape index (κ3) is 2.59. The molecule has 0 spiro atoms. The Hall–Kier alpha value is -3.68. The van der Waals surface area contributed by atoms with Crippen LogP contribution in [-0.4, -0.2) is 49.5 Å². The van der Waals surface area contributed by atoms with Crippen LogP contribution in [0.1, 0.15) is 48.0 Å². The van der Waals surface area contributed by atoms with E-state index in [1.165, 1.54) is 0 Å². The van der Waals surface area contributed by atoms with Crippen molar-refractivity contribution >= 4 is 34.6 Å². The number of allylic oxidation sites excluding steroid dienone is 1. The lowest BCUT2D eigenvalue weighted by atomic mass is 10.0. The lowest BCUT2D eigenvalue weighted by Crippen LogP contribution is -2.41. The number of hydrogen-bond acceptors (Lipinski definition) is 4. The quantitative estimate of drug-likeness (QED) is 0.507. The summed E-state index contributed by atoms with van der Waals surface area (Å²) < 4.78 is 2.12. The second-order valence-corrected chi connectivity index (χ2v) is 10.4. The molecule has 172 valence electrons.